The van der Waals surface area contributed by atoms with Gasteiger partial charge in [0.2, 0.25) is 0 Å². The molecule has 0 radical (unpaired) electrons. The Hall–Kier alpha value is -1.55. The van der Waals surface area contributed by atoms with Crippen molar-refractivity contribution in [3.8, 4) is 0 Å². The molecular formula is C44H82O16P2. The fraction of sp³-hybridized carbons (Fsp3) is 0.886. The number of unbranched alkanes of at least 4 members (excludes halogenated alkanes) is 16. The van der Waals surface area contributed by atoms with E-state index in [9.17, 15) is 43.7 Å². The van der Waals surface area contributed by atoms with Gasteiger partial charge < -0.3 is 39.5 Å². The van der Waals surface area contributed by atoms with Crippen LogP contribution >= 0.6 is 15.6 Å². The highest BCUT2D eigenvalue weighted by Crippen LogP contribution is 2.44. The Labute approximate surface area is 371 Å². The standard InChI is InChI=1S/C44H82O16P2/c1-4-5-18-24-36(45)28-29-40-39(41(47)30-42(40)48)25-20-16-17-22-27-44(50)60-38(34-59-62(54,55)58-32-37(46)31-57-61(51,52)53)33-56-43(49)26-21-15-13-11-9-7-6-8-10-12-14-19-23-35(2)3/h28-29,35-40,42,45-46,48H,4-27,30-34H2,1-3H3,(H,54,55)(H2,51,52,53)/b29-28+/t36-,37-,38+,39+,40+,42+/m0/s1. The summed E-state index contributed by atoms with van der Waals surface area (Å²) in [6.07, 6.45) is 21.1. The summed E-state index contributed by atoms with van der Waals surface area (Å²) in [6.45, 7) is 3.71. The lowest BCUT2D eigenvalue weighted by Gasteiger charge is -2.20. The molecule has 0 aromatic heterocycles. The van der Waals surface area contributed by atoms with E-state index >= 15 is 0 Å². The zero-order chi connectivity index (χ0) is 46.2. The van der Waals surface area contributed by atoms with Crippen molar-refractivity contribution < 1.29 is 76.6 Å². The third kappa shape index (κ3) is 32.2. The highest BCUT2D eigenvalue weighted by atomic mass is 31.2. The van der Waals surface area contributed by atoms with E-state index in [1.54, 1.807) is 12.2 Å². The molecule has 1 rings (SSSR count). The number of carbonyl (C=O) groups is 3. The Balaban J connectivity index is 2.52. The predicted molar refractivity (Wildman–Crippen MR) is 236 cm³/mol. The summed E-state index contributed by atoms with van der Waals surface area (Å²) in [5.74, 6) is -1.08. The summed E-state index contributed by atoms with van der Waals surface area (Å²) in [7, 11) is -9.77. The molecule has 0 saturated heterocycles. The van der Waals surface area contributed by atoms with Gasteiger partial charge in [-0.1, -0.05) is 148 Å². The van der Waals surface area contributed by atoms with Gasteiger partial charge in [-0.2, -0.15) is 0 Å². The largest absolute Gasteiger partial charge is 0.472 e. The second kappa shape index (κ2) is 34.8. The quantitative estimate of drug-likeness (QED) is 0.0146. The Bertz CT molecular complexity index is 1320. The van der Waals surface area contributed by atoms with Crippen molar-refractivity contribution in [3.63, 3.8) is 0 Å². The molecule has 6 N–H and O–H groups in total. The molecule has 0 spiro atoms. The van der Waals surface area contributed by atoms with Crippen LogP contribution in [-0.4, -0.2) is 98.6 Å². The Kier molecular flexibility index (Phi) is 32.8. The maximum Gasteiger partial charge on any atom is 0.472 e. The molecule has 1 fully saturated rings. The third-order valence-corrected chi connectivity index (χ3v) is 12.4. The number of hydrogen-bond donors (Lipinski definition) is 6. The molecule has 0 amide bonds. The predicted octanol–water partition coefficient (Wildman–Crippen LogP) is 8.57. The first kappa shape index (κ1) is 58.5. The number of carbonyl (C=O) groups excluding carboxylic acids is 3. The Morgan fingerprint density at radius 2 is 1.21 bits per heavy atom. The SMILES string of the molecule is CCCCC[C@H](O)/C=C/[C@H]1[C@H](O)CC(=O)[C@@H]1CCCCCCC(=O)O[C@H](COC(=O)CCCCCCCCCCCCCCC(C)C)COP(=O)(O)OC[C@@H](O)COP(=O)(O)O. The Morgan fingerprint density at radius 1 is 0.694 bits per heavy atom. The van der Waals surface area contributed by atoms with Crippen molar-refractivity contribution in [2.45, 2.75) is 206 Å². The lowest BCUT2D eigenvalue weighted by molar-refractivity contribution is -0.161. The smallest absolute Gasteiger partial charge is 0.462 e. The summed E-state index contributed by atoms with van der Waals surface area (Å²) in [5, 5.41) is 30.5. The van der Waals surface area contributed by atoms with Gasteiger partial charge in [-0.25, -0.2) is 9.13 Å². The van der Waals surface area contributed by atoms with E-state index in [1.807, 2.05) is 0 Å². The van der Waals surface area contributed by atoms with Crippen LogP contribution in [0.4, 0.5) is 0 Å². The first-order valence-electron chi connectivity index (χ1n) is 23.3. The molecule has 0 aromatic rings. The van der Waals surface area contributed by atoms with Gasteiger partial charge in [0, 0.05) is 31.1 Å². The van der Waals surface area contributed by atoms with Gasteiger partial charge in [0.05, 0.1) is 32.0 Å². The normalized spacial score (nSPS) is 19.5. The first-order chi connectivity index (χ1) is 29.4. The van der Waals surface area contributed by atoms with Crippen molar-refractivity contribution in [2.75, 3.05) is 26.4 Å². The monoisotopic (exact) mass is 929 g/mol. The van der Waals surface area contributed by atoms with Crippen LogP contribution in [0, 0.1) is 17.8 Å². The molecule has 16 nitrogen and oxygen atoms in total. The number of esters is 2. The fourth-order valence-corrected chi connectivity index (χ4v) is 8.53. The number of rotatable bonds is 40. The first-order valence-corrected chi connectivity index (χ1v) is 26.4. The maximum absolute atomic E-state index is 12.8. The maximum atomic E-state index is 12.8. The zero-order valence-corrected chi connectivity index (χ0v) is 39.7. The van der Waals surface area contributed by atoms with Crippen molar-refractivity contribution in [1.82, 2.24) is 0 Å². The molecular weight excluding hydrogens is 846 g/mol. The van der Waals surface area contributed by atoms with E-state index < -0.39 is 78.4 Å². The number of Topliss-reactive ketones (excluding diaryl/α,β-unsaturated/α-hetero) is 1. The van der Waals surface area contributed by atoms with Crippen LogP contribution < -0.4 is 0 Å². The van der Waals surface area contributed by atoms with Crippen LogP contribution in [0.3, 0.4) is 0 Å². The van der Waals surface area contributed by atoms with Gasteiger partial charge in [-0.3, -0.25) is 28.0 Å². The molecule has 364 valence electrons. The molecule has 1 saturated carbocycles. The van der Waals surface area contributed by atoms with Crippen molar-refractivity contribution >= 4 is 33.4 Å². The van der Waals surface area contributed by atoms with Gasteiger partial charge in [0.1, 0.15) is 18.5 Å². The highest BCUT2D eigenvalue weighted by molar-refractivity contribution is 7.47. The molecule has 0 aromatic carbocycles. The van der Waals surface area contributed by atoms with Crippen LogP contribution in [0.1, 0.15) is 181 Å². The van der Waals surface area contributed by atoms with E-state index in [4.69, 9.17) is 23.8 Å². The summed E-state index contributed by atoms with van der Waals surface area (Å²) >= 11 is 0. The van der Waals surface area contributed by atoms with Crippen LogP contribution in [0.25, 0.3) is 0 Å². The fourth-order valence-electron chi connectivity index (χ4n) is 7.37. The second-order valence-corrected chi connectivity index (χ2v) is 20.0. The second-order valence-electron chi connectivity index (χ2n) is 17.3. The average Bonchev–Trinajstić information content (AvgIpc) is 3.47. The van der Waals surface area contributed by atoms with Gasteiger partial charge in [-0.05, 0) is 31.6 Å². The van der Waals surface area contributed by atoms with Crippen LogP contribution in [0.15, 0.2) is 12.2 Å². The van der Waals surface area contributed by atoms with Gasteiger partial charge in [-0.15, -0.1) is 0 Å². The third-order valence-electron chi connectivity index (χ3n) is 11.0. The van der Waals surface area contributed by atoms with E-state index in [1.165, 1.54) is 57.8 Å². The summed E-state index contributed by atoms with van der Waals surface area (Å²) in [4.78, 5) is 65.6. The summed E-state index contributed by atoms with van der Waals surface area (Å²) < 4.78 is 47.9. The molecule has 62 heavy (non-hydrogen) atoms. The van der Waals surface area contributed by atoms with Crippen molar-refractivity contribution in [3.05, 3.63) is 12.2 Å². The molecule has 0 aliphatic heterocycles. The van der Waals surface area contributed by atoms with Gasteiger partial charge >= 0.3 is 27.6 Å². The number of phosphoric acid groups is 2. The van der Waals surface area contributed by atoms with Crippen LogP contribution in [-0.2, 0) is 46.6 Å². The molecule has 0 bridgehead atoms. The van der Waals surface area contributed by atoms with E-state index in [-0.39, 0.29) is 36.9 Å². The lowest BCUT2D eigenvalue weighted by Crippen LogP contribution is -2.30. The van der Waals surface area contributed by atoms with Crippen molar-refractivity contribution in [2.24, 2.45) is 17.8 Å². The number of hydrogen-bond acceptors (Lipinski definition) is 13. The molecule has 1 unspecified atom stereocenters. The molecule has 1 aliphatic carbocycles. The average molecular weight is 929 g/mol. The number of ketones is 1. The number of aliphatic hydroxyl groups is 3. The minimum Gasteiger partial charge on any atom is -0.462 e. The minimum atomic E-state index is -4.90. The van der Waals surface area contributed by atoms with Crippen LogP contribution in [0.5, 0.6) is 0 Å². The highest BCUT2D eigenvalue weighted by Gasteiger charge is 2.39. The van der Waals surface area contributed by atoms with Gasteiger partial charge in [0.25, 0.3) is 0 Å². The topological polar surface area (TPSA) is 253 Å². The minimum absolute atomic E-state index is 0.00230. The summed E-state index contributed by atoms with van der Waals surface area (Å²) in [5.41, 5.74) is 0. The Morgan fingerprint density at radius 3 is 1.79 bits per heavy atom. The van der Waals surface area contributed by atoms with E-state index in [0.717, 1.165) is 44.4 Å². The van der Waals surface area contributed by atoms with E-state index in [2.05, 4.69) is 29.8 Å². The molecule has 7 atom stereocenters. The number of phosphoric ester groups is 2. The molecule has 1 aliphatic rings. The number of ether oxygens (including phenoxy) is 2. The van der Waals surface area contributed by atoms with Crippen LogP contribution in [0.2, 0.25) is 0 Å². The zero-order valence-electron chi connectivity index (χ0n) is 37.9. The summed E-state index contributed by atoms with van der Waals surface area (Å²) in [6, 6.07) is 0. The number of aliphatic hydroxyl groups excluding tert-OH is 3. The molecule has 18 heteroatoms. The van der Waals surface area contributed by atoms with Crippen molar-refractivity contribution in [1.29, 1.82) is 0 Å². The molecule has 0 heterocycles. The van der Waals surface area contributed by atoms with Gasteiger partial charge in [0.15, 0.2) is 6.10 Å². The lowest BCUT2D eigenvalue weighted by atomic mass is 9.88. The van der Waals surface area contributed by atoms with E-state index in [0.29, 0.717) is 44.9 Å².